The minimum Gasteiger partial charge on any atom is -0.457 e. The molecule has 0 saturated heterocycles. The summed E-state index contributed by atoms with van der Waals surface area (Å²) in [6.07, 6.45) is -1.34. The first-order chi connectivity index (χ1) is 15.5. The summed E-state index contributed by atoms with van der Waals surface area (Å²) in [5, 5.41) is 9.08. The lowest BCUT2D eigenvalue weighted by atomic mass is 10.3. The molecule has 7 nitrogen and oxygen atoms in total. The van der Waals surface area contributed by atoms with Gasteiger partial charge in [-0.05, 0) is 53.9 Å². The van der Waals surface area contributed by atoms with Crippen LogP contribution < -0.4 is 10.1 Å². The Hall–Kier alpha value is -3.70. The third kappa shape index (κ3) is 4.89. The van der Waals surface area contributed by atoms with Crippen molar-refractivity contribution in [3.8, 4) is 22.1 Å². The Morgan fingerprint density at radius 1 is 0.939 bits per heavy atom. The Bertz CT molecular complexity index is 1360. The van der Waals surface area contributed by atoms with Gasteiger partial charge in [-0.1, -0.05) is 6.07 Å². The number of halogens is 4. The zero-order chi connectivity index (χ0) is 22.1. The van der Waals surface area contributed by atoms with Crippen LogP contribution in [0.4, 0.5) is 24.8 Å². The molecule has 0 aliphatic heterocycles. The topological polar surface area (TPSA) is 77.2 Å². The number of rotatable bonds is 5. The molecule has 0 aliphatic rings. The Balaban J connectivity index is 0.00000259. The molecule has 0 spiro atoms. The molecule has 0 aliphatic carbocycles. The zero-order valence-corrected chi connectivity index (χ0v) is 18.2. The van der Waals surface area contributed by atoms with Crippen molar-refractivity contribution in [2.75, 3.05) is 5.32 Å². The second-order valence-electron chi connectivity index (χ2n) is 6.58. The second-order valence-corrected chi connectivity index (χ2v) is 7.53. The maximum absolute atomic E-state index is 13.3. The summed E-state index contributed by atoms with van der Waals surface area (Å²) >= 11 is 1.30. The van der Waals surface area contributed by atoms with E-state index in [1.165, 1.54) is 15.9 Å². The number of nitrogens with zero attached hydrogens (tertiary/aromatic N) is 5. The summed E-state index contributed by atoms with van der Waals surface area (Å²) in [6.45, 7) is 0. The second kappa shape index (κ2) is 9.04. The van der Waals surface area contributed by atoms with Crippen LogP contribution in [0.25, 0.3) is 16.3 Å². The van der Waals surface area contributed by atoms with E-state index in [1.54, 1.807) is 66.3 Å². The fourth-order valence-corrected chi connectivity index (χ4v) is 3.67. The number of hydrogen-bond acceptors (Lipinski definition) is 7. The molecule has 0 saturated carbocycles. The molecule has 5 rings (SSSR count). The van der Waals surface area contributed by atoms with Crippen LogP contribution in [0.5, 0.6) is 11.5 Å². The molecular weight excluding hydrogens is 477 g/mol. The smallest absolute Gasteiger partial charge is 0.433 e. The molecule has 0 amide bonds. The van der Waals surface area contributed by atoms with Crippen LogP contribution in [0.1, 0.15) is 5.69 Å². The fraction of sp³-hybridized carbons (Fsp3) is 0.0476. The predicted molar refractivity (Wildman–Crippen MR) is 120 cm³/mol. The highest BCUT2D eigenvalue weighted by Gasteiger charge is 2.34. The summed E-state index contributed by atoms with van der Waals surface area (Å²) in [4.78, 5) is 12.3. The average Bonchev–Trinajstić information content (AvgIpc) is 3.44. The van der Waals surface area contributed by atoms with Gasteiger partial charge in [-0.25, -0.2) is 4.98 Å². The lowest BCUT2D eigenvalue weighted by Crippen LogP contribution is -2.10. The quantitative estimate of drug-likeness (QED) is 0.315. The molecule has 12 heteroatoms. The van der Waals surface area contributed by atoms with Crippen molar-refractivity contribution < 1.29 is 17.9 Å². The number of alkyl halides is 3. The molecule has 4 heterocycles. The monoisotopic (exact) mass is 490 g/mol. The van der Waals surface area contributed by atoms with Crippen molar-refractivity contribution in [2.45, 2.75) is 6.18 Å². The van der Waals surface area contributed by atoms with Gasteiger partial charge in [0.25, 0.3) is 5.78 Å². The van der Waals surface area contributed by atoms with E-state index in [9.17, 15) is 13.2 Å². The van der Waals surface area contributed by atoms with Crippen molar-refractivity contribution in [3.05, 3.63) is 78.1 Å². The molecule has 4 aromatic heterocycles. The van der Waals surface area contributed by atoms with Crippen LogP contribution in [0.3, 0.4) is 0 Å². The van der Waals surface area contributed by atoms with Gasteiger partial charge in [0.1, 0.15) is 11.5 Å². The van der Waals surface area contributed by atoms with E-state index >= 15 is 0 Å². The highest BCUT2D eigenvalue weighted by atomic mass is 35.5. The van der Waals surface area contributed by atoms with Crippen LogP contribution in [0, 0.1) is 0 Å². The number of nitrogens with one attached hydrogen (secondary N) is 1. The van der Waals surface area contributed by atoms with Crippen LogP contribution in [0.2, 0.25) is 0 Å². The van der Waals surface area contributed by atoms with Gasteiger partial charge in [0.2, 0.25) is 5.95 Å². The Morgan fingerprint density at radius 2 is 1.67 bits per heavy atom. The summed E-state index contributed by atoms with van der Waals surface area (Å²) in [5.74, 6) is 1.23. The highest BCUT2D eigenvalue weighted by molar-refractivity contribution is 7.13. The van der Waals surface area contributed by atoms with Gasteiger partial charge in [0.15, 0.2) is 5.69 Å². The third-order valence-electron chi connectivity index (χ3n) is 4.37. The summed E-state index contributed by atoms with van der Waals surface area (Å²) in [5.41, 5.74) is -0.124. The highest BCUT2D eigenvalue weighted by Crippen LogP contribution is 2.33. The van der Waals surface area contributed by atoms with Gasteiger partial charge < -0.3 is 10.1 Å². The number of benzene rings is 1. The van der Waals surface area contributed by atoms with Gasteiger partial charge in [-0.2, -0.15) is 22.7 Å². The molecule has 1 N–H and O–H groups in total. The van der Waals surface area contributed by atoms with Crippen LogP contribution in [-0.4, -0.2) is 24.6 Å². The third-order valence-corrected chi connectivity index (χ3v) is 5.26. The number of hydrogen-bond donors (Lipinski definition) is 1. The normalized spacial score (nSPS) is 11.2. The predicted octanol–water partition coefficient (Wildman–Crippen LogP) is 6.22. The molecule has 0 radical (unpaired) electrons. The van der Waals surface area contributed by atoms with Gasteiger partial charge in [-0.15, -0.1) is 28.8 Å². The minimum absolute atomic E-state index is 0. The number of thiophene rings is 1. The number of pyridine rings is 1. The lowest BCUT2D eigenvalue weighted by molar-refractivity contribution is -0.141. The van der Waals surface area contributed by atoms with Crippen LogP contribution in [-0.2, 0) is 6.18 Å². The molecule has 1 aromatic carbocycles. The number of aromatic nitrogens is 5. The van der Waals surface area contributed by atoms with Crippen molar-refractivity contribution >= 4 is 41.2 Å². The van der Waals surface area contributed by atoms with E-state index in [-0.39, 0.29) is 29.8 Å². The zero-order valence-electron chi connectivity index (χ0n) is 16.5. The van der Waals surface area contributed by atoms with E-state index in [4.69, 9.17) is 4.74 Å². The van der Waals surface area contributed by atoms with E-state index in [0.717, 1.165) is 6.07 Å². The van der Waals surface area contributed by atoms with Crippen LogP contribution >= 0.6 is 23.7 Å². The largest absolute Gasteiger partial charge is 0.457 e. The minimum atomic E-state index is -4.60. The molecule has 0 bridgehead atoms. The molecule has 0 atom stereocenters. The van der Waals surface area contributed by atoms with E-state index < -0.39 is 11.9 Å². The first kappa shape index (κ1) is 22.5. The Kier molecular flexibility index (Phi) is 6.16. The Labute approximate surface area is 195 Å². The number of anilines is 2. The van der Waals surface area contributed by atoms with E-state index in [0.29, 0.717) is 22.1 Å². The summed E-state index contributed by atoms with van der Waals surface area (Å²) in [6, 6.07) is 14.9. The molecule has 5 aromatic rings. The van der Waals surface area contributed by atoms with Gasteiger partial charge in [-0.3, -0.25) is 4.98 Å². The van der Waals surface area contributed by atoms with Crippen LogP contribution in [0.15, 0.2) is 72.4 Å². The number of ether oxygens (including phenoxy) is 1. The average molecular weight is 491 g/mol. The molecule has 168 valence electrons. The molecule has 33 heavy (non-hydrogen) atoms. The maximum atomic E-state index is 13.3. The Morgan fingerprint density at radius 3 is 2.33 bits per heavy atom. The molecule has 0 unspecified atom stereocenters. The lowest BCUT2D eigenvalue weighted by Gasteiger charge is -2.08. The van der Waals surface area contributed by atoms with Crippen molar-refractivity contribution in [1.29, 1.82) is 0 Å². The van der Waals surface area contributed by atoms with Gasteiger partial charge in [0.05, 0.1) is 10.6 Å². The molecule has 0 fully saturated rings. The van der Waals surface area contributed by atoms with E-state index in [1.807, 2.05) is 0 Å². The van der Waals surface area contributed by atoms with Crippen molar-refractivity contribution in [1.82, 2.24) is 24.6 Å². The first-order valence-electron chi connectivity index (χ1n) is 9.29. The number of fused-ring (bicyclic) bond motifs is 1. The SMILES string of the molecule is Cl.FC(F)(F)c1cc(-c2cccs2)n2nc(Nc3ccc(Oc4ccncc4)cc3)nc2n1. The van der Waals surface area contributed by atoms with Crippen molar-refractivity contribution in [2.24, 2.45) is 0 Å². The summed E-state index contributed by atoms with van der Waals surface area (Å²) < 4.78 is 47.0. The van der Waals surface area contributed by atoms with Gasteiger partial charge in [0, 0.05) is 18.1 Å². The van der Waals surface area contributed by atoms with Crippen molar-refractivity contribution in [3.63, 3.8) is 0 Å². The van der Waals surface area contributed by atoms with Gasteiger partial charge >= 0.3 is 6.18 Å². The standard InChI is InChI=1S/C21H13F3N6OS.ClH/c22-21(23,24)18-12-16(17-2-1-11-32-17)30-20(27-18)28-19(29-30)26-13-3-5-14(6-4-13)31-15-7-9-25-10-8-15;/h1-12H,(H,26,29);1H. The maximum Gasteiger partial charge on any atom is 0.433 e. The fourth-order valence-electron chi connectivity index (χ4n) is 2.94. The van der Waals surface area contributed by atoms with E-state index in [2.05, 4.69) is 25.4 Å². The first-order valence-corrected chi connectivity index (χ1v) is 10.2. The summed E-state index contributed by atoms with van der Waals surface area (Å²) in [7, 11) is 0. The molecular formula is C21H14ClF3N6OS.